The summed E-state index contributed by atoms with van der Waals surface area (Å²) in [5, 5.41) is 2.48. The van der Waals surface area contributed by atoms with Crippen LogP contribution in [0.4, 0.5) is 34.1 Å². The zero-order chi connectivity index (χ0) is 47.1. The lowest BCUT2D eigenvalue weighted by Gasteiger charge is -2.37. The highest BCUT2D eigenvalue weighted by Crippen LogP contribution is 2.61. The van der Waals surface area contributed by atoms with Crippen LogP contribution >= 0.6 is 0 Å². The fraction of sp³-hybridized carbons (Fsp3) is 0.200. The minimum Gasteiger partial charge on any atom is -0.309 e. The third-order valence-corrected chi connectivity index (χ3v) is 14.5. The summed E-state index contributed by atoms with van der Waals surface area (Å²) in [5.41, 5.74) is 29.4. The van der Waals surface area contributed by atoms with Crippen LogP contribution < -0.4 is 9.80 Å². The van der Waals surface area contributed by atoms with E-state index in [1.165, 1.54) is 139 Å². The zero-order valence-corrected chi connectivity index (χ0v) is 41.4. The first-order chi connectivity index (χ1) is 32.2. The molecule has 0 unspecified atom stereocenters. The lowest BCUT2D eigenvalue weighted by molar-refractivity contribution is 0.769. The Labute approximate surface area is 399 Å². The van der Waals surface area contributed by atoms with E-state index in [0.717, 1.165) is 5.69 Å². The van der Waals surface area contributed by atoms with E-state index in [1.54, 1.807) is 0 Å². The fourth-order valence-electron chi connectivity index (χ4n) is 12.5. The average molecular weight is 871 g/mol. The first-order valence-corrected chi connectivity index (χ1v) is 23.9. The molecule has 0 atom stereocenters. The standard InChI is InChI=1S/C65H62N2/c1-39-29-43(5)61(44(6)30-39)66(62-45(7)31-40(2)32-46(62)8)53-27-28-56-57(37-53)65(51-21-15-13-16-22-51,52-23-17-14-18-24-52)58-38-59(54-25-19-20-26-55(54)60(56)58)67(63-47(9)33-41(3)34-48(63)10)64-49(11)35-42(4)36-50(64)12/h13-38H,1-12H3. The molecule has 2 heteroatoms. The molecule has 0 aliphatic heterocycles. The van der Waals surface area contributed by atoms with Gasteiger partial charge in [-0.3, -0.25) is 0 Å². The molecule has 67 heavy (non-hydrogen) atoms. The topological polar surface area (TPSA) is 6.48 Å². The number of fused-ring (bicyclic) bond motifs is 5. The summed E-state index contributed by atoms with van der Waals surface area (Å²) in [4.78, 5) is 5.18. The zero-order valence-electron chi connectivity index (χ0n) is 41.4. The van der Waals surface area contributed by atoms with Gasteiger partial charge in [0.05, 0.1) is 33.9 Å². The van der Waals surface area contributed by atoms with Crippen molar-refractivity contribution < 1.29 is 0 Å². The summed E-state index contributed by atoms with van der Waals surface area (Å²) >= 11 is 0. The third-order valence-electron chi connectivity index (χ3n) is 14.5. The maximum atomic E-state index is 2.61. The molecule has 0 fully saturated rings. The van der Waals surface area contributed by atoms with E-state index >= 15 is 0 Å². The molecule has 0 saturated heterocycles. The van der Waals surface area contributed by atoms with Crippen molar-refractivity contribution in [3.8, 4) is 11.1 Å². The highest BCUT2D eigenvalue weighted by atomic mass is 15.2. The Hall–Kier alpha value is -7.16. The minimum absolute atomic E-state index is 0.678. The van der Waals surface area contributed by atoms with Gasteiger partial charge in [0.25, 0.3) is 0 Å². The van der Waals surface area contributed by atoms with Crippen LogP contribution in [0.15, 0.2) is 158 Å². The summed E-state index contributed by atoms with van der Waals surface area (Å²) in [6.07, 6.45) is 0. The van der Waals surface area contributed by atoms with Gasteiger partial charge in [-0.1, -0.05) is 162 Å². The van der Waals surface area contributed by atoms with Crippen molar-refractivity contribution in [1.82, 2.24) is 0 Å². The van der Waals surface area contributed by atoms with Crippen LogP contribution in [0.25, 0.3) is 21.9 Å². The Kier molecular flexibility index (Phi) is 10.8. The predicted molar refractivity (Wildman–Crippen MR) is 287 cm³/mol. The number of anilines is 6. The molecule has 1 aliphatic rings. The SMILES string of the molecule is Cc1cc(C)c(N(c2ccc3c(c2)C(c2ccccc2)(c2ccccc2)c2cc(N(c4c(C)cc(C)cc4C)c4c(C)cc(C)cc4C)c4ccccc4c2-3)c2c(C)cc(C)cc2C)c(C)c1. The second-order valence-corrected chi connectivity index (χ2v) is 19.7. The molecular weight excluding hydrogens is 809 g/mol. The summed E-state index contributed by atoms with van der Waals surface area (Å²) in [6, 6.07) is 60.5. The molecule has 0 bridgehead atoms. The molecule has 0 spiro atoms. The smallest absolute Gasteiger partial charge is 0.0715 e. The van der Waals surface area contributed by atoms with E-state index in [0.29, 0.717) is 0 Å². The lowest BCUT2D eigenvalue weighted by atomic mass is 9.67. The third kappa shape index (κ3) is 7.00. The van der Waals surface area contributed by atoms with Gasteiger partial charge in [-0.2, -0.15) is 0 Å². The normalized spacial score (nSPS) is 12.6. The average Bonchev–Trinajstić information content (AvgIpc) is 3.57. The molecule has 2 nitrogen and oxygen atoms in total. The van der Waals surface area contributed by atoms with E-state index < -0.39 is 5.41 Å². The molecule has 9 aromatic carbocycles. The van der Waals surface area contributed by atoms with E-state index in [4.69, 9.17) is 0 Å². The van der Waals surface area contributed by atoms with Crippen molar-refractivity contribution in [3.05, 3.63) is 247 Å². The van der Waals surface area contributed by atoms with Gasteiger partial charge in [-0.15, -0.1) is 0 Å². The summed E-state index contributed by atoms with van der Waals surface area (Å²) in [5.74, 6) is 0. The number of hydrogen-bond donors (Lipinski definition) is 0. The van der Waals surface area contributed by atoms with Crippen LogP contribution in [0.5, 0.6) is 0 Å². The second-order valence-electron chi connectivity index (χ2n) is 19.7. The van der Waals surface area contributed by atoms with Crippen LogP contribution in [0, 0.1) is 83.1 Å². The lowest BCUT2D eigenvalue weighted by Crippen LogP contribution is -2.29. The van der Waals surface area contributed by atoms with Crippen LogP contribution in [-0.4, -0.2) is 0 Å². The number of hydrogen-bond acceptors (Lipinski definition) is 2. The highest BCUT2D eigenvalue weighted by molar-refractivity contribution is 6.12. The highest BCUT2D eigenvalue weighted by Gasteiger charge is 2.48. The predicted octanol–water partition coefficient (Wildman–Crippen LogP) is 17.8. The molecule has 9 aromatic rings. The second kappa shape index (κ2) is 16.6. The summed E-state index contributed by atoms with van der Waals surface area (Å²) in [6.45, 7) is 27.1. The molecule has 0 radical (unpaired) electrons. The van der Waals surface area contributed by atoms with Gasteiger partial charge in [-0.05, 0) is 185 Å². The van der Waals surface area contributed by atoms with Gasteiger partial charge >= 0.3 is 0 Å². The number of benzene rings is 9. The fourth-order valence-corrected chi connectivity index (χ4v) is 12.5. The molecular formula is C65H62N2. The van der Waals surface area contributed by atoms with Gasteiger partial charge in [0.1, 0.15) is 0 Å². The monoisotopic (exact) mass is 870 g/mol. The van der Waals surface area contributed by atoms with Crippen molar-refractivity contribution in [2.45, 2.75) is 88.5 Å². The first-order valence-electron chi connectivity index (χ1n) is 23.9. The summed E-state index contributed by atoms with van der Waals surface area (Å²) in [7, 11) is 0. The summed E-state index contributed by atoms with van der Waals surface area (Å²) < 4.78 is 0. The minimum atomic E-state index is -0.678. The van der Waals surface area contributed by atoms with Crippen molar-refractivity contribution in [2.24, 2.45) is 0 Å². The largest absolute Gasteiger partial charge is 0.309 e. The van der Waals surface area contributed by atoms with E-state index in [9.17, 15) is 0 Å². The number of aryl methyl sites for hydroxylation is 12. The van der Waals surface area contributed by atoms with Gasteiger partial charge in [0.15, 0.2) is 0 Å². The molecule has 0 N–H and O–H groups in total. The van der Waals surface area contributed by atoms with E-state index in [-0.39, 0.29) is 0 Å². The molecule has 0 saturated carbocycles. The van der Waals surface area contributed by atoms with Crippen LogP contribution in [0.2, 0.25) is 0 Å². The number of rotatable bonds is 8. The molecule has 332 valence electrons. The van der Waals surface area contributed by atoms with Crippen LogP contribution in [-0.2, 0) is 5.41 Å². The van der Waals surface area contributed by atoms with Gasteiger partial charge in [0.2, 0.25) is 0 Å². The van der Waals surface area contributed by atoms with Crippen LogP contribution in [0.1, 0.15) is 89.0 Å². The van der Waals surface area contributed by atoms with Crippen molar-refractivity contribution in [3.63, 3.8) is 0 Å². The van der Waals surface area contributed by atoms with Crippen LogP contribution in [0.3, 0.4) is 0 Å². The van der Waals surface area contributed by atoms with Crippen molar-refractivity contribution in [1.29, 1.82) is 0 Å². The molecule has 0 amide bonds. The molecule has 0 heterocycles. The Morgan fingerprint density at radius 1 is 0.313 bits per heavy atom. The van der Waals surface area contributed by atoms with Crippen molar-refractivity contribution >= 4 is 44.9 Å². The maximum absolute atomic E-state index is 2.61. The van der Waals surface area contributed by atoms with Gasteiger partial charge in [-0.25, -0.2) is 0 Å². The molecule has 1 aliphatic carbocycles. The van der Waals surface area contributed by atoms with Crippen molar-refractivity contribution in [2.75, 3.05) is 9.80 Å². The quantitative estimate of drug-likeness (QED) is 0.150. The van der Waals surface area contributed by atoms with E-state index in [1.807, 2.05) is 0 Å². The van der Waals surface area contributed by atoms with E-state index in [2.05, 4.69) is 251 Å². The van der Waals surface area contributed by atoms with Gasteiger partial charge in [0, 0.05) is 11.1 Å². The van der Waals surface area contributed by atoms with Gasteiger partial charge < -0.3 is 9.80 Å². The Morgan fingerprint density at radius 2 is 0.672 bits per heavy atom. The Balaban J connectivity index is 1.37. The molecule has 0 aromatic heterocycles. The first kappa shape index (κ1) is 43.7. The number of nitrogens with zero attached hydrogens (tertiary/aromatic N) is 2. The molecule has 10 rings (SSSR count). The maximum Gasteiger partial charge on any atom is 0.0715 e. The Morgan fingerprint density at radius 3 is 1.07 bits per heavy atom. The Bertz CT molecular complexity index is 3180.